The molecule has 1 atom stereocenters. The average Bonchev–Trinajstić information content (AvgIpc) is 3.24. The molecular formula is C17H22N6O. The normalized spacial score (nSPS) is 21.5. The van der Waals surface area contributed by atoms with E-state index in [1.807, 2.05) is 17.3 Å². The average molecular weight is 326 g/mol. The van der Waals surface area contributed by atoms with Crippen molar-refractivity contribution in [3.63, 3.8) is 0 Å². The molecule has 0 aliphatic carbocycles. The highest BCUT2D eigenvalue weighted by molar-refractivity contribution is 5.93. The zero-order valence-electron chi connectivity index (χ0n) is 13.7. The number of hydrogen-bond donors (Lipinski definition) is 0. The topological polar surface area (TPSA) is 67.2 Å². The third kappa shape index (κ3) is 3.17. The molecule has 0 saturated carbocycles. The second kappa shape index (κ2) is 6.68. The van der Waals surface area contributed by atoms with Crippen molar-refractivity contribution in [2.45, 2.75) is 25.9 Å². The second-order valence-corrected chi connectivity index (χ2v) is 6.69. The van der Waals surface area contributed by atoms with Gasteiger partial charge in [0.05, 0.1) is 24.5 Å². The van der Waals surface area contributed by atoms with Gasteiger partial charge in [0, 0.05) is 37.9 Å². The van der Waals surface area contributed by atoms with Crippen LogP contribution < -0.4 is 0 Å². The van der Waals surface area contributed by atoms with Gasteiger partial charge in [-0.15, -0.1) is 0 Å². The van der Waals surface area contributed by atoms with Gasteiger partial charge in [-0.3, -0.25) is 4.79 Å². The fraction of sp³-hybridized carbons (Fsp3) is 0.529. The largest absolute Gasteiger partial charge is 0.333 e. The fourth-order valence-corrected chi connectivity index (χ4v) is 3.74. The Morgan fingerprint density at radius 3 is 2.83 bits per heavy atom. The monoisotopic (exact) mass is 326 g/mol. The molecule has 2 aromatic rings. The molecule has 2 aliphatic heterocycles. The van der Waals surface area contributed by atoms with Crippen LogP contribution in [0.5, 0.6) is 0 Å². The molecule has 0 spiro atoms. The van der Waals surface area contributed by atoms with Gasteiger partial charge < -0.3 is 14.4 Å². The van der Waals surface area contributed by atoms with Gasteiger partial charge in [-0.05, 0) is 32.0 Å². The van der Waals surface area contributed by atoms with Gasteiger partial charge in [-0.1, -0.05) is 0 Å². The van der Waals surface area contributed by atoms with Crippen LogP contribution in [0.4, 0.5) is 0 Å². The molecule has 1 fully saturated rings. The Morgan fingerprint density at radius 1 is 1.17 bits per heavy atom. The summed E-state index contributed by atoms with van der Waals surface area (Å²) < 4.78 is 2.19. The van der Waals surface area contributed by atoms with Crippen molar-refractivity contribution in [2.75, 3.05) is 26.2 Å². The van der Waals surface area contributed by atoms with E-state index in [9.17, 15) is 4.79 Å². The summed E-state index contributed by atoms with van der Waals surface area (Å²) >= 11 is 0. The number of nitrogens with zero attached hydrogens (tertiary/aromatic N) is 6. The quantitative estimate of drug-likeness (QED) is 0.843. The van der Waals surface area contributed by atoms with Crippen LogP contribution in [0, 0.1) is 5.92 Å². The Labute approximate surface area is 141 Å². The summed E-state index contributed by atoms with van der Waals surface area (Å²) in [6.07, 6.45) is 9.52. The van der Waals surface area contributed by atoms with Crippen molar-refractivity contribution in [2.24, 2.45) is 5.92 Å². The number of hydrogen-bond acceptors (Lipinski definition) is 5. The van der Waals surface area contributed by atoms with Crippen LogP contribution in [0.25, 0.3) is 0 Å². The summed E-state index contributed by atoms with van der Waals surface area (Å²) in [5.74, 6) is 1.37. The smallest absolute Gasteiger partial charge is 0.255 e. The Kier molecular flexibility index (Phi) is 4.25. The molecule has 2 aromatic heterocycles. The molecule has 4 heterocycles. The number of carbonyl (C=O) groups excluding carboxylic acids is 1. The van der Waals surface area contributed by atoms with Crippen molar-refractivity contribution >= 4 is 5.91 Å². The first-order valence-corrected chi connectivity index (χ1v) is 8.58. The van der Waals surface area contributed by atoms with Crippen LogP contribution in [-0.2, 0) is 13.1 Å². The molecule has 0 radical (unpaired) electrons. The standard InChI is InChI=1S/C17H22N6O/c24-17(15-3-4-19-20-9-15)23-12-14(10-21-6-1-2-7-21)11-22-8-5-18-16(22)13-23/h3-5,8-9,14H,1-2,6-7,10-13H2/t14-/m1/s1. The lowest BCUT2D eigenvalue weighted by Gasteiger charge is -2.27. The molecular weight excluding hydrogens is 304 g/mol. The molecule has 0 unspecified atom stereocenters. The van der Waals surface area contributed by atoms with Crippen molar-refractivity contribution in [3.05, 3.63) is 42.2 Å². The number of amides is 1. The minimum Gasteiger partial charge on any atom is -0.333 e. The van der Waals surface area contributed by atoms with Gasteiger partial charge in [-0.2, -0.15) is 10.2 Å². The highest BCUT2D eigenvalue weighted by Gasteiger charge is 2.28. The summed E-state index contributed by atoms with van der Waals surface area (Å²) in [4.78, 5) is 21.7. The second-order valence-electron chi connectivity index (χ2n) is 6.69. The molecule has 4 rings (SSSR count). The van der Waals surface area contributed by atoms with Crippen LogP contribution in [0.1, 0.15) is 29.0 Å². The number of likely N-dealkylation sites (tertiary alicyclic amines) is 1. The molecule has 1 saturated heterocycles. The van der Waals surface area contributed by atoms with E-state index in [1.165, 1.54) is 32.1 Å². The maximum Gasteiger partial charge on any atom is 0.255 e. The van der Waals surface area contributed by atoms with E-state index in [1.54, 1.807) is 12.3 Å². The summed E-state index contributed by atoms with van der Waals surface area (Å²) in [6.45, 7) is 5.61. The van der Waals surface area contributed by atoms with Gasteiger partial charge >= 0.3 is 0 Å². The fourth-order valence-electron chi connectivity index (χ4n) is 3.74. The third-order valence-electron chi connectivity index (χ3n) is 4.90. The minimum absolute atomic E-state index is 0.00720. The number of carbonyl (C=O) groups is 1. The van der Waals surface area contributed by atoms with Crippen LogP contribution in [0.2, 0.25) is 0 Å². The lowest BCUT2D eigenvalue weighted by molar-refractivity contribution is 0.0706. The zero-order valence-corrected chi connectivity index (χ0v) is 13.7. The summed E-state index contributed by atoms with van der Waals surface area (Å²) in [5.41, 5.74) is 0.588. The Morgan fingerprint density at radius 2 is 2.04 bits per heavy atom. The van der Waals surface area contributed by atoms with Crippen LogP contribution >= 0.6 is 0 Å². The predicted molar refractivity (Wildman–Crippen MR) is 88.2 cm³/mol. The number of rotatable bonds is 3. The first kappa shape index (κ1) is 15.3. The van der Waals surface area contributed by atoms with Crippen molar-refractivity contribution in [1.82, 2.24) is 29.5 Å². The molecule has 0 bridgehead atoms. The van der Waals surface area contributed by atoms with Crippen molar-refractivity contribution in [3.8, 4) is 0 Å². The van der Waals surface area contributed by atoms with Crippen LogP contribution in [0.15, 0.2) is 30.9 Å². The predicted octanol–water partition coefficient (Wildman–Crippen LogP) is 1.04. The number of aromatic nitrogens is 4. The van der Waals surface area contributed by atoms with E-state index in [0.717, 1.165) is 25.5 Å². The van der Waals surface area contributed by atoms with Gasteiger partial charge in [0.15, 0.2) is 0 Å². The van der Waals surface area contributed by atoms with Gasteiger partial charge in [0.2, 0.25) is 0 Å². The van der Waals surface area contributed by atoms with Crippen molar-refractivity contribution < 1.29 is 4.79 Å². The minimum atomic E-state index is 0.00720. The Balaban J connectivity index is 1.55. The molecule has 7 heteroatoms. The highest BCUT2D eigenvalue weighted by atomic mass is 16.2. The maximum absolute atomic E-state index is 12.9. The highest BCUT2D eigenvalue weighted by Crippen LogP contribution is 2.20. The van der Waals surface area contributed by atoms with Crippen molar-refractivity contribution in [1.29, 1.82) is 0 Å². The number of fused-ring (bicyclic) bond motifs is 1. The molecule has 24 heavy (non-hydrogen) atoms. The molecule has 0 N–H and O–H groups in total. The van der Waals surface area contributed by atoms with Gasteiger partial charge in [-0.25, -0.2) is 4.98 Å². The number of imidazole rings is 1. The molecule has 2 aliphatic rings. The van der Waals surface area contributed by atoms with E-state index in [0.29, 0.717) is 18.0 Å². The van der Waals surface area contributed by atoms with E-state index in [-0.39, 0.29) is 5.91 Å². The van der Waals surface area contributed by atoms with Gasteiger partial charge in [0.25, 0.3) is 5.91 Å². The molecule has 7 nitrogen and oxygen atoms in total. The van der Waals surface area contributed by atoms with Crippen LogP contribution in [-0.4, -0.2) is 61.6 Å². The van der Waals surface area contributed by atoms with E-state index in [4.69, 9.17) is 0 Å². The molecule has 0 aromatic carbocycles. The maximum atomic E-state index is 12.9. The van der Waals surface area contributed by atoms with E-state index in [2.05, 4.69) is 24.6 Å². The first-order chi connectivity index (χ1) is 11.8. The third-order valence-corrected chi connectivity index (χ3v) is 4.90. The zero-order chi connectivity index (χ0) is 16.4. The Bertz CT molecular complexity index is 694. The lowest BCUT2D eigenvalue weighted by Crippen LogP contribution is -2.38. The summed E-state index contributed by atoms with van der Waals surface area (Å²) in [6, 6.07) is 1.72. The van der Waals surface area contributed by atoms with E-state index < -0.39 is 0 Å². The summed E-state index contributed by atoms with van der Waals surface area (Å²) in [5, 5.41) is 7.59. The first-order valence-electron chi connectivity index (χ1n) is 8.58. The van der Waals surface area contributed by atoms with E-state index >= 15 is 0 Å². The van der Waals surface area contributed by atoms with Crippen LogP contribution in [0.3, 0.4) is 0 Å². The lowest BCUT2D eigenvalue weighted by atomic mass is 10.1. The summed E-state index contributed by atoms with van der Waals surface area (Å²) in [7, 11) is 0. The molecule has 126 valence electrons. The molecule has 1 amide bonds. The Hall–Kier alpha value is -2.28. The van der Waals surface area contributed by atoms with Gasteiger partial charge in [0.1, 0.15) is 5.82 Å². The SMILES string of the molecule is O=C(c1ccnnc1)N1Cc2nccn2C[C@@H](CN2CCCC2)C1.